The van der Waals surface area contributed by atoms with E-state index in [0.717, 1.165) is 11.3 Å². The van der Waals surface area contributed by atoms with Gasteiger partial charge in [-0.15, -0.1) is 0 Å². The number of nitrogens with zero attached hydrogens (tertiary/aromatic N) is 1. The van der Waals surface area contributed by atoms with Gasteiger partial charge in [0, 0.05) is 24.2 Å². The van der Waals surface area contributed by atoms with Crippen LogP contribution in [0.1, 0.15) is 34.0 Å². The molecule has 2 heterocycles. The number of ether oxygens (including phenoxy) is 3. The van der Waals surface area contributed by atoms with Crippen LogP contribution in [0.5, 0.6) is 17.2 Å². The van der Waals surface area contributed by atoms with Gasteiger partial charge in [0.1, 0.15) is 5.56 Å². The molecule has 1 aliphatic rings. The summed E-state index contributed by atoms with van der Waals surface area (Å²) in [6, 6.07) is 13.0. The first-order chi connectivity index (χ1) is 15.0. The number of carboxylic acid groups (broad SMARTS) is 1. The number of anilines is 1. The molecular formula is C23H22N2O6. The Morgan fingerprint density at radius 2 is 1.71 bits per heavy atom. The number of carboxylic acids is 1. The first kappa shape index (κ1) is 20.3. The molecule has 160 valence electrons. The summed E-state index contributed by atoms with van der Waals surface area (Å²) in [4.78, 5) is 24.5. The number of carbonyl (C=O) groups excluding carboxylic acids is 1. The van der Waals surface area contributed by atoms with Crippen LogP contribution >= 0.6 is 0 Å². The standard InChI is InChI=1S/C23H22N2O6/c1-29-17-9-13(10-18(30-2)22(17)31-3)15-11-19(26)24-20-16(23(27)28)12-25(21(15)20)14-7-5-4-6-8-14/h4-10,12,15H,11H2,1-3H3,(H,24,26)(H,27,28)/t15-/m1/s1. The van der Waals surface area contributed by atoms with Gasteiger partial charge < -0.3 is 29.2 Å². The van der Waals surface area contributed by atoms with Crippen LogP contribution in [0.25, 0.3) is 5.69 Å². The SMILES string of the molecule is COc1cc([C@H]2CC(=O)Nc3c(C(=O)O)cn(-c4ccccc4)c32)cc(OC)c1OC. The van der Waals surface area contributed by atoms with E-state index >= 15 is 0 Å². The third-order valence-corrected chi connectivity index (χ3v) is 5.38. The highest BCUT2D eigenvalue weighted by atomic mass is 16.5. The van der Waals surface area contributed by atoms with E-state index in [1.165, 1.54) is 21.3 Å². The molecule has 0 saturated heterocycles. The topological polar surface area (TPSA) is 99.0 Å². The Bertz CT molecular complexity index is 1130. The van der Waals surface area contributed by atoms with E-state index in [4.69, 9.17) is 14.2 Å². The molecule has 0 fully saturated rings. The summed E-state index contributed by atoms with van der Waals surface area (Å²) in [5.41, 5.74) is 2.55. The molecular weight excluding hydrogens is 400 g/mol. The van der Waals surface area contributed by atoms with Gasteiger partial charge in [0.25, 0.3) is 0 Å². The van der Waals surface area contributed by atoms with Crippen LogP contribution in [0.2, 0.25) is 0 Å². The number of para-hydroxylation sites is 1. The first-order valence-electron chi connectivity index (χ1n) is 9.62. The quantitative estimate of drug-likeness (QED) is 0.629. The third kappa shape index (κ3) is 3.46. The van der Waals surface area contributed by atoms with Gasteiger partial charge in [0.2, 0.25) is 11.7 Å². The highest BCUT2D eigenvalue weighted by Crippen LogP contribution is 2.46. The number of benzene rings is 2. The van der Waals surface area contributed by atoms with Crippen molar-refractivity contribution in [2.75, 3.05) is 26.6 Å². The van der Waals surface area contributed by atoms with Crippen molar-refractivity contribution in [1.82, 2.24) is 4.57 Å². The van der Waals surface area contributed by atoms with Crippen LogP contribution in [0.15, 0.2) is 48.7 Å². The lowest BCUT2D eigenvalue weighted by molar-refractivity contribution is -0.116. The van der Waals surface area contributed by atoms with Gasteiger partial charge in [-0.3, -0.25) is 4.79 Å². The number of hydrogen-bond donors (Lipinski definition) is 2. The van der Waals surface area contributed by atoms with Crippen LogP contribution in [-0.2, 0) is 4.79 Å². The van der Waals surface area contributed by atoms with Gasteiger partial charge in [-0.25, -0.2) is 4.79 Å². The summed E-state index contributed by atoms with van der Waals surface area (Å²) in [6.45, 7) is 0. The van der Waals surface area contributed by atoms with Crippen molar-refractivity contribution in [2.24, 2.45) is 0 Å². The Kier molecular flexibility index (Phi) is 5.29. The lowest BCUT2D eigenvalue weighted by Crippen LogP contribution is -2.25. The fraction of sp³-hybridized carbons (Fsp3) is 0.217. The molecule has 4 rings (SSSR count). The van der Waals surface area contributed by atoms with E-state index in [1.807, 2.05) is 34.9 Å². The Hall–Kier alpha value is -3.94. The number of aromatic nitrogens is 1. The average Bonchev–Trinajstić information content (AvgIpc) is 3.17. The predicted molar refractivity (Wildman–Crippen MR) is 114 cm³/mol. The summed E-state index contributed by atoms with van der Waals surface area (Å²) in [5, 5.41) is 12.5. The third-order valence-electron chi connectivity index (χ3n) is 5.38. The lowest BCUT2D eigenvalue weighted by Gasteiger charge is -2.27. The monoisotopic (exact) mass is 422 g/mol. The van der Waals surface area contributed by atoms with Crippen LogP contribution in [-0.4, -0.2) is 42.9 Å². The van der Waals surface area contributed by atoms with Gasteiger partial charge in [-0.05, 0) is 29.8 Å². The Labute approximate surface area is 179 Å². The molecule has 2 N–H and O–H groups in total. The molecule has 0 saturated carbocycles. The maximum Gasteiger partial charge on any atom is 0.339 e. The second-order valence-electron chi connectivity index (χ2n) is 7.08. The molecule has 0 aliphatic carbocycles. The number of carbonyl (C=O) groups is 2. The number of methoxy groups -OCH3 is 3. The molecule has 8 nitrogen and oxygen atoms in total. The molecule has 1 aliphatic heterocycles. The van der Waals surface area contributed by atoms with Gasteiger partial charge in [0.15, 0.2) is 11.5 Å². The van der Waals surface area contributed by atoms with Crippen molar-refractivity contribution in [1.29, 1.82) is 0 Å². The highest BCUT2D eigenvalue weighted by Gasteiger charge is 2.35. The molecule has 0 radical (unpaired) electrons. The molecule has 1 aromatic heterocycles. The number of fused-ring (bicyclic) bond motifs is 1. The van der Waals surface area contributed by atoms with Gasteiger partial charge >= 0.3 is 5.97 Å². The molecule has 0 spiro atoms. The van der Waals surface area contributed by atoms with E-state index in [-0.39, 0.29) is 17.9 Å². The Morgan fingerprint density at radius 1 is 1.06 bits per heavy atom. The molecule has 0 bridgehead atoms. The minimum absolute atomic E-state index is 0.0318. The van der Waals surface area contributed by atoms with E-state index in [9.17, 15) is 14.7 Å². The van der Waals surface area contributed by atoms with Crippen LogP contribution < -0.4 is 19.5 Å². The summed E-state index contributed by atoms with van der Waals surface area (Å²) in [7, 11) is 4.57. The van der Waals surface area contributed by atoms with Crippen LogP contribution in [0.4, 0.5) is 5.69 Å². The lowest BCUT2D eigenvalue weighted by atomic mass is 9.87. The van der Waals surface area contributed by atoms with Gasteiger partial charge in [0.05, 0.1) is 32.7 Å². The largest absolute Gasteiger partial charge is 0.493 e. The highest BCUT2D eigenvalue weighted by molar-refractivity contribution is 6.04. The maximum absolute atomic E-state index is 12.6. The second kappa shape index (κ2) is 8.06. The maximum atomic E-state index is 12.6. The second-order valence-corrected chi connectivity index (χ2v) is 7.08. The van der Waals surface area contributed by atoms with E-state index in [0.29, 0.717) is 28.6 Å². The van der Waals surface area contributed by atoms with E-state index in [2.05, 4.69) is 5.32 Å². The molecule has 8 heteroatoms. The molecule has 2 aromatic carbocycles. The normalized spacial score (nSPS) is 15.1. The zero-order chi connectivity index (χ0) is 22.1. The van der Waals surface area contributed by atoms with Crippen molar-refractivity contribution >= 4 is 17.6 Å². The molecule has 3 aromatic rings. The van der Waals surface area contributed by atoms with E-state index < -0.39 is 11.9 Å². The fourth-order valence-corrected chi connectivity index (χ4v) is 4.01. The van der Waals surface area contributed by atoms with Crippen LogP contribution in [0, 0.1) is 0 Å². The number of aromatic carboxylic acids is 1. The molecule has 1 atom stereocenters. The van der Waals surface area contributed by atoms with E-state index in [1.54, 1.807) is 18.3 Å². The average molecular weight is 422 g/mol. The Balaban J connectivity index is 1.98. The van der Waals surface area contributed by atoms with Crippen molar-refractivity contribution < 1.29 is 28.9 Å². The minimum atomic E-state index is -1.11. The summed E-state index contributed by atoms with van der Waals surface area (Å²) in [6.07, 6.45) is 1.68. The van der Waals surface area contributed by atoms with Gasteiger partial charge in [-0.2, -0.15) is 0 Å². The zero-order valence-corrected chi connectivity index (χ0v) is 17.3. The fourth-order valence-electron chi connectivity index (χ4n) is 4.01. The smallest absolute Gasteiger partial charge is 0.339 e. The Morgan fingerprint density at radius 3 is 2.26 bits per heavy atom. The van der Waals surface area contributed by atoms with Gasteiger partial charge in [-0.1, -0.05) is 18.2 Å². The summed E-state index contributed by atoms with van der Waals surface area (Å²) in [5.74, 6) is -0.442. The summed E-state index contributed by atoms with van der Waals surface area (Å²) >= 11 is 0. The molecule has 0 unspecified atom stereocenters. The van der Waals surface area contributed by atoms with Crippen molar-refractivity contribution in [2.45, 2.75) is 12.3 Å². The van der Waals surface area contributed by atoms with Crippen molar-refractivity contribution in [3.05, 3.63) is 65.5 Å². The number of amides is 1. The zero-order valence-electron chi connectivity index (χ0n) is 17.3. The predicted octanol–water partition coefficient (Wildman–Crippen LogP) is 3.68. The minimum Gasteiger partial charge on any atom is -0.493 e. The van der Waals surface area contributed by atoms with Crippen LogP contribution in [0.3, 0.4) is 0 Å². The van der Waals surface area contributed by atoms with Crippen molar-refractivity contribution in [3.63, 3.8) is 0 Å². The number of nitrogens with one attached hydrogen (secondary N) is 1. The van der Waals surface area contributed by atoms with Crippen molar-refractivity contribution in [3.8, 4) is 22.9 Å². The molecule has 31 heavy (non-hydrogen) atoms. The molecule has 1 amide bonds. The number of hydrogen-bond acceptors (Lipinski definition) is 5. The number of rotatable bonds is 6. The first-order valence-corrected chi connectivity index (χ1v) is 9.62. The summed E-state index contributed by atoms with van der Waals surface area (Å²) < 4.78 is 18.2.